The monoisotopic (exact) mass is 347 g/mol. The van der Waals surface area contributed by atoms with Crippen molar-refractivity contribution in [1.29, 1.82) is 0 Å². The van der Waals surface area contributed by atoms with Crippen molar-refractivity contribution < 1.29 is 9.21 Å². The van der Waals surface area contributed by atoms with Gasteiger partial charge in [0.2, 0.25) is 0 Å². The van der Waals surface area contributed by atoms with Crippen LogP contribution >= 0.6 is 15.9 Å². The van der Waals surface area contributed by atoms with E-state index in [9.17, 15) is 9.59 Å². The molecule has 1 heterocycles. The number of halogens is 1. The highest BCUT2D eigenvalue weighted by atomic mass is 79.9. The highest BCUT2D eigenvalue weighted by Gasteiger charge is 2.24. The standard InChI is InChI=1S/C16H14BrNO3/c1-4-16(3,5-2)18-14(19)12-9-10-8-11(17)6-7-13(10)21-15(12)20/h1,6-9H,5H2,2-3H3,(H,18,19). The summed E-state index contributed by atoms with van der Waals surface area (Å²) in [7, 11) is 0. The maximum atomic E-state index is 12.2. The van der Waals surface area contributed by atoms with Crippen LogP contribution in [0.1, 0.15) is 30.6 Å². The average molecular weight is 348 g/mol. The van der Waals surface area contributed by atoms with Crippen LogP contribution < -0.4 is 10.9 Å². The number of nitrogens with one attached hydrogen (secondary N) is 1. The van der Waals surface area contributed by atoms with Gasteiger partial charge in [0, 0.05) is 9.86 Å². The van der Waals surface area contributed by atoms with Gasteiger partial charge in [-0.25, -0.2) is 4.79 Å². The summed E-state index contributed by atoms with van der Waals surface area (Å²) in [6.07, 6.45) is 5.98. The fourth-order valence-corrected chi connectivity index (χ4v) is 2.18. The van der Waals surface area contributed by atoms with Crippen molar-refractivity contribution in [3.05, 3.63) is 44.7 Å². The van der Waals surface area contributed by atoms with E-state index in [1.165, 1.54) is 6.07 Å². The van der Waals surface area contributed by atoms with Crippen molar-refractivity contribution in [3.8, 4) is 12.3 Å². The van der Waals surface area contributed by atoms with E-state index in [0.29, 0.717) is 17.4 Å². The smallest absolute Gasteiger partial charge is 0.349 e. The molecule has 0 spiro atoms. The minimum absolute atomic E-state index is 0.0597. The van der Waals surface area contributed by atoms with Crippen molar-refractivity contribution >= 4 is 32.8 Å². The summed E-state index contributed by atoms with van der Waals surface area (Å²) in [5.41, 5.74) is -1.11. The first-order valence-corrected chi connectivity index (χ1v) is 7.21. The number of carbonyl (C=O) groups excluding carboxylic acids is 1. The van der Waals surface area contributed by atoms with Crippen LogP contribution in [0.3, 0.4) is 0 Å². The van der Waals surface area contributed by atoms with Crippen molar-refractivity contribution in [2.75, 3.05) is 0 Å². The van der Waals surface area contributed by atoms with E-state index in [1.807, 2.05) is 6.92 Å². The van der Waals surface area contributed by atoms with E-state index in [0.717, 1.165) is 4.47 Å². The molecule has 0 fully saturated rings. The Balaban J connectivity index is 2.47. The summed E-state index contributed by atoms with van der Waals surface area (Å²) in [4.78, 5) is 24.2. The van der Waals surface area contributed by atoms with Gasteiger partial charge in [0.25, 0.3) is 5.91 Å². The predicted octanol–water partition coefficient (Wildman–Crippen LogP) is 3.09. The largest absolute Gasteiger partial charge is 0.422 e. The van der Waals surface area contributed by atoms with E-state index in [2.05, 4.69) is 27.2 Å². The molecule has 0 aliphatic rings. The van der Waals surface area contributed by atoms with Crippen molar-refractivity contribution in [2.24, 2.45) is 0 Å². The second-order valence-corrected chi connectivity index (χ2v) is 5.83. The van der Waals surface area contributed by atoms with Crippen LogP contribution in [0.5, 0.6) is 0 Å². The Morgan fingerprint density at radius 1 is 1.48 bits per heavy atom. The van der Waals surface area contributed by atoms with E-state index in [-0.39, 0.29) is 5.56 Å². The molecule has 21 heavy (non-hydrogen) atoms. The molecule has 0 saturated heterocycles. The van der Waals surface area contributed by atoms with Gasteiger partial charge >= 0.3 is 5.63 Å². The number of hydrogen-bond acceptors (Lipinski definition) is 3. The van der Waals surface area contributed by atoms with Crippen LogP contribution in [0.4, 0.5) is 0 Å². The van der Waals surface area contributed by atoms with Gasteiger partial charge in [0.15, 0.2) is 0 Å². The lowest BCUT2D eigenvalue weighted by Crippen LogP contribution is -2.45. The lowest BCUT2D eigenvalue weighted by atomic mass is 9.99. The summed E-state index contributed by atoms with van der Waals surface area (Å²) in [5, 5.41) is 3.34. The Hall–Kier alpha value is -2.06. The molecule has 1 unspecified atom stereocenters. The van der Waals surface area contributed by atoms with Crippen molar-refractivity contribution in [2.45, 2.75) is 25.8 Å². The zero-order valence-electron chi connectivity index (χ0n) is 11.7. The third kappa shape index (κ3) is 3.17. The summed E-state index contributed by atoms with van der Waals surface area (Å²) in [5.74, 6) is 1.99. The van der Waals surface area contributed by atoms with Gasteiger partial charge in [0.1, 0.15) is 11.1 Å². The third-order valence-corrected chi connectivity index (χ3v) is 3.85. The van der Waals surface area contributed by atoms with E-state index in [1.54, 1.807) is 25.1 Å². The van der Waals surface area contributed by atoms with Gasteiger partial charge in [-0.1, -0.05) is 28.8 Å². The maximum Gasteiger partial charge on any atom is 0.349 e. The second-order valence-electron chi connectivity index (χ2n) is 4.91. The summed E-state index contributed by atoms with van der Waals surface area (Å²) in [6, 6.07) is 6.71. The first-order valence-electron chi connectivity index (χ1n) is 6.42. The first-order chi connectivity index (χ1) is 9.88. The minimum Gasteiger partial charge on any atom is -0.422 e. The van der Waals surface area contributed by atoms with Gasteiger partial charge in [0.05, 0.1) is 5.54 Å². The SMILES string of the molecule is C#CC(C)(CC)NC(=O)c1cc2cc(Br)ccc2oc1=O. The predicted molar refractivity (Wildman–Crippen MR) is 85.2 cm³/mol. The number of amides is 1. The average Bonchev–Trinajstić information content (AvgIpc) is 2.46. The minimum atomic E-state index is -0.796. The molecule has 1 aromatic carbocycles. The zero-order valence-corrected chi connectivity index (χ0v) is 13.3. The number of rotatable bonds is 3. The Kier molecular flexibility index (Phi) is 4.19. The molecule has 2 rings (SSSR count). The van der Waals surface area contributed by atoms with Gasteiger partial charge in [-0.15, -0.1) is 6.42 Å². The molecule has 0 saturated carbocycles. The van der Waals surface area contributed by atoms with E-state index in [4.69, 9.17) is 10.8 Å². The first kappa shape index (κ1) is 15.3. The van der Waals surface area contributed by atoms with Crippen molar-refractivity contribution in [3.63, 3.8) is 0 Å². The fraction of sp³-hybridized carbons (Fsp3) is 0.250. The molecular formula is C16H14BrNO3. The Morgan fingerprint density at radius 2 is 2.19 bits per heavy atom. The quantitative estimate of drug-likeness (QED) is 0.685. The number of terminal acetylenes is 1. The number of fused-ring (bicyclic) bond motifs is 1. The number of benzene rings is 1. The molecule has 1 N–H and O–H groups in total. The lowest BCUT2D eigenvalue weighted by Gasteiger charge is -2.23. The van der Waals surface area contributed by atoms with Crippen LogP contribution in [-0.4, -0.2) is 11.4 Å². The molecule has 0 radical (unpaired) electrons. The van der Waals surface area contributed by atoms with E-state index < -0.39 is 17.1 Å². The molecule has 0 aliphatic heterocycles. The van der Waals surface area contributed by atoms with E-state index >= 15 is 0 Å². The van der Waals surface area contributed by atoms with Crippen LogP contribution in [-0.2, 0) is 0 Å². The molecule has 1 atom stereocenters. The molecule has 1 amide bonds. The molecule has 2 aromatic rings. The lowest BCUT2D eigenvalue weighted by molar-refractivity contribution is 0.0920. The molecule has 1 aromatic heterocycles. The van der Waals surface area contributed by atoms with Crippen LogP contribution in [0.2, 0.25) is 0 Å². The molecule has 5 heteroatoms. The van der Waals surface area contributed by atoms with Crippen LogP contribution in [0, 0.1) is 12.3 Å². The molecule has 4 nitrogen and oxygen atoms in total. The molecular weight excluding hydrogens is 334 g/mol. The Morgan fingerprint density at radius 3 is 2.81 bits per heavy atom. The Bertz CT molecular complexity index is 803. The molecule has 108 valence electrons. The van der Waals surface area contributed by atoms with Gasteiger partial charge in [-0.3, -0.25) is 4.79 Å². The van der Waals surface area contributed by atoms with Crippen molar-refractivity contribution in [1.82, 2.24) is 5.32 Å². The number of carbonyl (C=O) groups is 1. The summed E-state index contributed by atoms with van der Waals surface area (Å²) in [6.45, 7) is 3.59. The highest BCUT2D eigenvalue weighted by molar-refractivity contribution is 9.10. The van der Waals surface area contributed by atoms with Gasteiger partial charge in [-0.05, 0) is 37.6 Å². The van der Waals surface area contributed by atoms with Gasteiger partial charge < -0.3 is 9.73 Å². The fourth-order valence-electron chi connectivity index (χ4n) is 1.80. The second kappa shape index (κ2) is 5.74. The summed E-state index contributed by atoms with van der Waals surface area (Å²) < 4.78 is 5.99. The maximum absolute atomic E-state index is 12.2. The highest BCUT2D eigenvalue weighted by Crippen LogP contribution is 2.19. The normalized spacial score (nSPS) is 13.4. The van der Waals surface area contributed by atoms with Crippen LogP contribution in [0.15, 0.2) is 37.9 Å². The third-order valence-electron chi connectivity index (χ3n) is 3.35. The topological polar surface area (TPSA) is 59.3 Å². The molecule has 0 aliphatic carbocycles. The number of hydrogen-bond donors (Lipinski definition) is 1. The summed E-state index contributed by atoms with van der Waals surface area (Å²) >= 11 is 3.34. The Labute approximate surface area is 130 Å². The van der Waals surface area contributed by atoms with Gasteiger partial charge in [-0.2, -0.15) is 0 Å². The zero-order chi connectivity index (χ0) is 15.6. The van der Waals surface area contributed by atoms with Crippen LogP contribution in [0.25, 0.3) is 11.0 Å². The molecule has 0 bridgehead atoms.